The van der Waals surface area contributed by atoms with Crippen molar-refractivity contribution in [2.45, 2.75) is 0 Å². The maximum atomic E-state index is 11.2. The van der Waals surface area contributed by atoms with Crippen molar-refractivity contribution in [3.63, 3.8) is 0 Å². The van der Waals surface area contributed by atoms with Crippen LogP contribution in [-0.4, -0.2) is 37.3 Å². The molecule has 2 rings (SSSR count). The fraction of sp³-hybridized carbons (Fsp3) is 0.214. The fourth-order valence-electron chi connectivity index (χ4n) is 2.34. The van der Waals surface area contributed by atoms with Gasteiger partial charge in [0.2, 0.25) is 0 Å². The van der Waals surface area contributed by atoms with Gasteiger partial charge in [0.15, 0.2) is 0 Å². The first-order chi connectivity index (χ1) is 9.54. The van der Waals surface area contributed by atoms with Crippen LogP contribution < -0.4 is 16.0 Å². The van der Waals surface area contributed by atoms with E-state index in [0.29, 0.717) is 11.1 Å². The average molecular weight is 275 g/mol. The van der Waals surface area contributed by atoms with Crippen LogP contribution in [0.5, 0.6) is 5.75 Å². The van der Waals surface area contributed by atoms with E-state index in [2.05, 4.69) is 16.0 Å². The summed E-state index contributed by atoms with van der Waals surface area (Å²) >= 11 is 0. The van der Waals surface area contributed by atoms with E-state index in [4.69, 9.17) is 5.11 Å². The van der Waals surface area contributed by atoms with Gasteiger partial charge >= 0.3 is 5.97 Å². The molecular weight excluding hydrogens is 258 g/mol. The van der Waals surface area contributed by atoms with Crippen molar-refractivity contribution in [2.24, 2.45) is 0 Å². The first kappa shape index (κ1) is 13.8. The van der Waals surface area contributed by atoms with Crippen LogP contribution in [0, 0.1) is 0 Å². The Morgan fingerprint density at radius 1 is 1.05 bits per heavy atom. The van der Waals surface area contributed by atoms with Crippen LogP contribution in [0.3, 0.4) is 0 Å². The topological polar surface area (TPSA) is 93.6 Å². The van der Waals surface area contributed by atoms with E-state index in [1.54, 1.807) is 33.3 Å². The van der Waals surface area contributed by atoms with Gasteiger partial charge in [-0.3, -0.25) is 0 Å². The molecule has 0 fully saturated rings. The lowest BCUT2D eigenvalue weighted by molar-refractivity contribution is 0.0694. The fourth-order valence-corrected chi connectivity index (χ4v) is 2.34. The monoisotopic (exact) mass is 275 g/mol. The summed E-state index contributed by atoms with van der Waals surface area (Å²) in [7, 11) is 5.28. The lowest BCUT2D eigenvalue weighted by Crippen LogP contribution is -2.03. The maximum absolute atomic E-state index is 11.2. The number of aromatic carboxylic acids is 1. The third-order valence-electron chi connectivity index (χ3n) is 3.29. The number of nitrogens with one attached hydrogen (secondary N) is 3. The standard InChI is InChI=1S/C14H17N3O3/c1-15-9-5-4-7-11(12(9)17-3)10(16-2)6-8(13(7)18)14(19)20/h4-6,15-18H,1-3H3,(H,19,20). The van der Waals surface area contributed by atoms with E-state index in [-0.39, 0.29) is 11.3 Å². The van der Waals surface area contributed by atoms with Gasteiger partial charge in [0, 0.05) is 37.6 Å². The number of phenols is 1. The first-order valence-electron chi connectivity index (χ1n) is 6.14. The lowest BCUT2D eigenvalue weighted by atomic mass is 10.00. The summed E-state index contributed by atoms with van der Waals surface area (Å²) < 4.78 is 0. The number of carbonyl (C=O) groups is 1. The van der Waals surface area contributed by atoms with Crippen molar-refractivity contribution in [3.05, 3.63) is 23.8 Å². The van der Waals surface area contributed by atoms with Gasteiger partial charge in [0.1, 0.15) is 11.3 Å². The molecule has 0 amide bonds. The number of anilines is 3. The molecule has 0 aliphatic carbocycles. The van der Waals surface area contributed by atoms with Crippen molar-refractivity contribution >= 4 is 33.8 Å². The van der Waals surface area contributed by atoms with Crippen LogP contribution in [0.4, 0.5) is 17.1 Å². The van der Waals surface area contributed by atoms with Gasteiger partial charge in [0.25, 0.3) is 0 Å². The highest BCUT2D eigenvalue weighted by Crippen LogP contribution is 2.41. The number of hydrogen-bond donors (Lipinski definition) is 5. The summed E-state index contributed by atoms with van der Waals surface area (Å²) in [5.74, 6) is -1.39. The molecule has 0 atom stereocenters. The Morgan fingerprint density at radius 2 is 1.70 bits per heavy atom. The lowest BCUT2D eigenvalue weighted by Gasteiger charge is -2.17. The van der Waals surface area contributed by atoms with Crippen molar-refractivity contribution in [1.29, 1.82) is 0 Å². The van der Waals surface area contributed by atoms with Crippen LogP contribution in [0.1, 0.15) is 10.4 Å². The van der Waals surface area contributed by atoms with E-state index < -0.39 is 5.97 Å². The molecule has 6 heteroatoms. The number of carboxylic acid groups (broad SMARTS) is 1. The average Bonchev–Trinajstić information content (AvgIpc) is 2.46. The summed E-state index contributed by atoms with van der Waals surface area (Å²) in [4.78, 5) is 11.2. The molecule has 106 valence electrons. The van der Waals surface area contributed by atoms with E-state index in [1.807, 2.05) is 0 Å². The molecule has 0 aliphatic rings. The predicted octanol–water partition coefficient (Wildman–Crippen LogP) is 2.37. The number of rotatable bonds is 4. The number of carboxylic acids is 1. The van der Waals surface area contributed by atoms with E-state index in [1.165, 1.54) is 6.07 Å². The summed E-state index contributed by atoms with van der Waals surface area (Å²) in [6.45, 7) is 0. The molecule has 0 aliphatic heterocycles. The van der Waals surface area contributed by atoms with Crippen molar-refractivity contribution in [3.8, 4) is 5.75 Å². The Morgan fingerprint density at radius 3 is 2.20 bits per heavy atom. The van der Waals surface area contributed by atoms with Crippen LogP contribution in [-0.2, 0) is 0 Å². The van der Waals surface area contributed by atoms with Crippen LogP contribution in [0.25, 0.3) is 10.8 Å². The SMILES string of the molecule is CNc1ccc2c(O)c(C(=O)O)cc(NC)c2c1NC. The molecule has 0 radical (unpaired) electrons. The molecule has 0 heterocycles. The Bertz CT molecular complexity index is 683. The largest absolute Gasteiger partial charge is 0.506 e. The van der Waals surface area contributed by atoms with Gasteiger partial charge in [-0.05, 0) is 18.2 Å². The zero-order valence-electron chi connectivity index (χ0n) is 11.5. The predicted molar refractivity (Wildman–Crippen MR) is 81.2 cm³/mol. The third-order valence-corrected chi connectivity index (χ3v) is 3.29. The molecule has 0 unspecified atom stereocenters. The second kappa shape index (κ2) is 5.16. The highest BCUT2D eigenvalue weighted by atomic mass is 16.4. The van der Waals surface area contributed by atoms with Crippen molar-refractivity contribution < 1.29 is 15.0 Å². The number of fused-ring (bicyclic) bond motifs is 1. The van der Waals surface area contributed by atoms with Crippen molar-refractivity contribution in [1.82, 2.24) is 0 Å². The van der Waals surface area contributed by atoms with Gasteiger partial charge in [-0.25, -0.2) is 4.79 Å². The first-order valence-corrected chi connectivity index (χ1v) is 6.14. The van der Waals surface area contributed by atoms with E-state index in [0.717, 1.165) is 16.8 Å². The smallest absolute Gasteiger partial charge is 0.339 e. The van der Waals surface area contributed by atoms with Gasteiger partial charge in [-0.2, -0.15) is 0 Å². The highest BCUT2D eigenvalue weighted by Gasteiger charge is 2.19. The molecule has 2 aromatic carbocycles. The van der Waals surface area contributed by atoms with Gasteiger partial charge in [0.05, 0.1) is 11.4 Å². The number of hydrogen-bond acceptors (Lipinski definition) is 5. The minimum atomic E-state index is -1.16. The molecule has 5 N–H and O–H groups in total. The van der Waals surface area contributed by atoms with Crippen LogP contribution in [0.15, 0.2) is 18.2 Å². The Hall–Kier alpha value is -2.63. The molecule has 0 spiro atoms. The maximum Gasteiger partial charge on any atom is 0.339 e. The van der Waals surface area contributed by atoms with Crippen LogP contribution in [0.2, 0.25) is 0 Å². The minimum Gasteiger partial charge on any atom is -0.506 e. The van der Waals surface area contributed by atoms with E-state index >= 15 is 0 Å². The Balaban J connectivity index is 2.96. The minimum absolute atomic E-state index is 0.124. The normalized spacial score (nSPS) is 10.3. The molecule has 0 bridgehead atoms. The molecule has 0 aromatic heterocycles. The van der Waals surface area contributed by atoms with Crippen molar-refractivity contribution in [2.75, 3.05) is 37.1 Å². The van der Waals surface area contributed by atoms with Gasteiger partial charge in [-0.15, -0.1) is 0 Å². The second-order valence-electron chi connectivity index (χ2n) is 4.29. The Labute approximate surface area is 116 Å². The molecule has 20 heavy (non-hydrogen) atoms. The quantitative estimate of drug-likeness (QED) is 0.550. The molecule has 6 nitrogen and oxygen atoms in total. The molecule has 2 aromatic rings. The number of benzene rings is 2. The number of aromatic hydroxyl groups is 1. The Kier molecular flexibility index (Phi) is 3.56. The second-order valence-corrected chi connectivity index (χ2v) is 4.29. The zero-order chi connectivity index (χ0) is 14.9. The molecule has 0 saturated heterocycles. The van der Waals surface area contributed by atoms with Gasteiger partial charge in [-0.1, -0.05) is 0 Å². The third kappa shape index (κ3) is 1.95. The summed E-state index contributed by atoms with van der Waals surface area (Å²) in [6, 6.07) is 4.92. The summed E-state index contributed by atoms with van der Waals surface area (Å²) in [6.07, 6.45) is 0. The van der Waals surface area contributed by atoms with Crippen LogP contribution >= 0.6 is 0 Å². The van der Waals surface area contributed by atoms with Gasteiger partial charge < -0.3 is 26.2 Å². The molecule has 0 saturated carbocycles. The van der Waals surface area contributed by atoms with E-state index in [9.17, 15) is 9.90 Å². The highest BCUT2D eigenvalue weighted by molar-refractivity contribution is 6.13. The zero-order valence-corrected chi connectivity index (χ0v) is 11.5. The molecular formula is C14H17N3O3. The summed E-state index contributed by atoms with van der Waals surface area (Å²) in [5.41, 5.74) is 2.17. The summed E-state index contributed by atoms with van der Waals surface area (Å²) in [5, 5.41) is 29.7.